The molecule has 0 aromatic heterocycles. The summed E-state index contributed by atoms with van der Waals surface area (Å²) in [6, 6.07) is 9.97. The first-order chi connectivity index (χ1) is 9.93. The van der Waals surface area contributed by atoms with Gasteiger partial charge in [-0.15, -0.1) is 0 Å². The lowest BCUT2D eigenvalue weighted by Gasteiger charge is -2.40. The van der Waals surface area contributed by atoms with Crippen molar-refractivity contribution in [3.05, 3.63) is 35.9 Å². The molecule has 0 bridgehead atoms. The Hall–Kier alpha value is -1.07. The molecule has 1 aliphatic heterocycles. The molecule has 0 spiro atoms. The van der Waals surface area contributed by atoms with Crippen molar-refractivity contribution in [2.45, 2.75) is 38.0 Å². The molecule has 21 heavy (non-hydrogen) atoms. The van der Waals surface area contributed by atoms with Crippen LogP contribution in [-0.4, -0.2) is 37.3 Å². The molecular formula is C16H23F3N2. The molecule has 3 atom stereocenters. The van der Waals surface area contributed by atoms with Crippen LogP contribution in [-0.2, 0) is 0 Å². The third-order valence-corrected chi connectivity index (χ3v) is 4.44. The molecule has 3 unspecified atom stereocenters. The molecule has 1 heterocycles. The molecule has 1 aromatic carbocycles. The molecule has 118 valence electrons. The van der Waals surface area contributed by atoms with E-state index in [4.69, 9.17) is 0 Å². The topological polar surface area (TPSA) is 15.3 Å². The average molecular weight is 300 g/mol. The van der Waals surface area contributed by atoms with Crippen molar-refractivity contribution >= 4 is 0 Å². The van der Waals surface area contributed by atoms with Gasteiger partial charge in [-0.05, 0) is 38.9 Å². The second kappa shape index (κ2) is 6.79. The largest absolute Gasteiger partial charge is 0.393 e. The second-order valence-corrected chi connectivity index (χ2v) is 5.79. The van der Waals surface area contributed by atoms with E-state index < -0.39 is 12.1 Å². The molecule has 2 rings (SSSR count). The summed E-state index contributed by atoms with van der Waals surface area (Å²) < 4.78 is 38.8. The second-order valence-electron chi connectivity index (χ2n) is 5.79. The van der Waals surface area contributed by atoms with Gasteiger partial charge in [-0.2, -0.15) is 13.2 Å². The molecule has 0 amide bonds. The lowest BCUT2D eigenvalue weighted by Crippen LogP contribution is -2.49. The quantitative estimate of drug-likeness (QED) is 0.914. The van der Waals surface area contributed by atoms with E-state index in [0.717, 1.165) is 12.1 Å². The zero-order valence-corrected chi connectivity index (χ0v) is 12.5. The predicted octanol–water partition coefficient (Wildman–Crippen LogP) is 3.61. The van der Waals surface area contributed by atoms with Gasteiger partial charge in [-0.1, -0.05) is 30.3 Å². The van der Waals surface area contributed by atoms with E-state index in [9.17, 15) is 13.2 Å². The van der Waals surface area contributed by atoms with Gasteiger partial charge in [-0.25, -0.2) is 0 Å². The van der Waals surface area contributed by atoms with Crippen LogP contribution in [0, 0.1) is 5.92 Å². The van der Waals surface area contributed by atoms with Crippen molar-refractivity contribution in [1.82, 2.24) is 10.2 Å². The third kappa shape index (κ3) is 3.98. The highest BCUT2D eigenvalue weighted by Gasteiger charge is 2.43. The van der Waals surface area contributed by atoms with Crippen molar-refractivity contribution in [2.24, 2.45) is 5.92 Å². The number of likely N-dealkylation sites (tertiary alicyclic amines) is 1. The fraction of sp³-hybridized carbons (Fsp3) is 0.625. The van der Waals surface area contributed by atoms with Crippen LogP contribution in [0.2, 0.25) is 0 Å². The molecule has 1 N–H and O–H groups in total. The van der Waals surface area contributed by atoms with E-state index >= 15 is 0 Å². The van der Waals surface area contributed by atoms with Crippen molar-refractivity contribution in [2.75, 3.05) is 20.1 Å². The SMILES string of the molecule is CNC(c1ccccc1)C(C)N1CCCC(C(F)(F)F)C1. The minimum absolute atomic E-state index is 0.0301. The molecule has 0 radical (unpaired) electrons. The maximum Gasteiger partial charge on any atom is 0.393 e. The molecular weight excluding hydrogens is 277 g/mol. The number of piperidine rings is 1. The molecule has 1 fully saturated rings. The maximum atomic E-state index is 12.9. The van der Waals surface area contributed by atoms with Crippen LogP contribution < -0.4 is 5.32 Å². The Morgan fingerprint density at radius 2 is 1.90 bits per heavy atom. The average Bonchev–Trinajstić information content (AvgIpc) is 2.48. The Labute approximate surface area is 124 Å². The van der Waals surface area contributed by atoms with Gasteiger partial charge in [0.15, 0.2) is 0 Å². The Balaban J connectivity index is 2.09. The number of hydrogen-bond donors (Lipinski definition) is 1. The summed E-state index contributed by atoms with van der Waals surface area (Å²) in [7, 11) is 1.86. The highest BCUT2D eigenvalue weighted by Crippen LogP contribution is 2.35. The van der Waals surface area contributed by atoms with E-state index in [1.54, 1.807) is 0 Å². The molecule has 0 aliphatic carbocycles. The van der Waals surface area contributed by atoms with Crippen molar-refractivity contribution < 1.29 is 13.2 Å². The van der Waals surface area contributed by atoms with Gasteiger partial charge in [0.1, 0.15) is 0 Å². The minimum Gasteiger partial charge on any atom is -0.312 e. The Morgan fingerprint density at radius 3 is 2.48 bits per heavy atom. The van der Waals surface area contributed by atoms with Crippen LogP contribution in [0.3, 0.4) is 0 Å². The van der Waals surface area contributed by atoms with Crippen LogP contribution in [0.1, 0.15) is 31.4 Å². The van der Waals surface area contributed by atoms with Gasteiger partial charge in [0.25, 0.3) is 0 Å². The van der Waals surface area contributed by atoms with Crippen LogP contribution in [0.15, 0.2) is 30.3 Å². The normalized spacial score (nSPS) is 23.8. The monoisotopic (exact) mass is 300 g/mol. The van der Waals surface area contributed by atoms with Crippen molar-refractivity contribution in [3.8, 4) is 0 Å². The summed E-state index contributed by atoms with van der Waals surface area (Å²) in [6.45, 7) is 2.85. The first kappa shape index (κ1) is 16.3. The summed E-state index contributed by atoms with van der Waals surface area (Å²) in [5, 5.41) is 3.25. The summed E-state index contributed by atoms with van der Waals surface area (Å²) in [4.78, 5) is 1.97. The Morgan fingerprint density at radius 1 is 1.24 bits per heavy atom. The first-order valence-electron chi connectivity index (χ1n) is 7.46. The molecule has 1 aromatic rings. The zero-order valence-electron chi connectivity index (χ0n) is 12.5. The maximum absolute atomic E-state index is 12.9. The summed E-state index contributed by atoms with van der Waals surface area (Å²) in [5.74, 6) is -1.19. The van der Waals surface area contributed by atoms with Gasteiger partial charge in [0, 0.05) is 18.6 Å². The standard InChI is InChI=1S/C16H23F3N2/c1-12(15(20-2)13-7-4-3-5-8-13)21-10-6-9-14(11-21)16(17,18)19/h3-5,7-8,12,14-15,20H,6,9-11H2,1-2H3. The number of benzene rings is 1. The number of halogens is 3. The number of nitrogens with one attached hydrogen (secondary N) is 1. The lowest BCUT2D eigenvalue weighted by atomic mass is 9.93. The smallest absolute Gasteiger partial charge is 0.312 e. The zero-order chi connectivity index (χ0) is 15.5. The predicted molar refractivity (Wildman–Crippen MR) is 78.1 cm³/mol. The van der Waals surface area contributed by atoms with E-state index in [2.05, 4.69) is 5.32 Å². The molecule has 5 heteroatoms. The van der Waals surface area contributed by atoms with E-state index in [0.29, 0.717) is 6.42 Å². The van der Waals surface area contributed by atoms with Gasteiger partial charge in [0.05, 0.1) is 5.92 Å². The third-order valence-electron chi connectivity index (χ3n) is 4.44. The van der Waals surface area contributed by atoms with Crippen LogP contribution >= 0.6 is 0 Å². The Kier molecular flexibility index (Phi) is 5.27. The van der Waals surface area contributed by atoms with Crippen molar-refractivity contribution in [3.63, 3.8) is 0 Å². The fourth-order valence-corrected chi connectivity index (χ4v) is 3.20. The number of likely N-dealkylation sites (N-methyl/N-ethyl adjacent to an activating group) is 1. The number of rotatable bonds is 4. The highest BCUT2D eigenvalue weighted by molar-refractivity contribution is 5.20. The van der Waals surface area contributed by atoms with E-state index in [1.807, 2.05) is 49.2 Å². The first-order valence-corrected chi connectivity index (χ1v) is 7.46. The summed E-state index contributed by atoms with van der Waals surface area (Å²) >= 11 is 0. The number of hydrogen-bond acceptors (Lipinski definition) is 2. The van der Waals surface area contributed by atoms with Crippen molar-refractivity contribution in [1.29, 1.82) is 0 Å². The molecule has 1 aliphatic rings. The van der Waals surface area contributed by atoms with Gasteiger partial charge in [0.2, 0.25) is 0 Å². The van der Waals surface area contributed by atoms with Gasteiger partial charge >= 0.3 is 6.18 Å². The van der Waals surface area contributed by atoms with E-state index in [1.165, 1.54) is 0 Å². The lowest BCUT2D eigenvalue weighted by molar-refractivity contribution is -0.188. The van der Waals surface area contributed by atoms with E-state index in [-0.39, 0.29) is 25.0 Å². The Bertz CT molecular complexity index is 433. The fourth-order valence-electron chi connectivity index (χ4n) is 3.20. The van der Waals surface area contributed by atoms with Crippen LogP contribution in [0.25, 0.3) is 0 Å². The minimum atomic E-state index is -4.08. The van der Waals surface area contributed by atoms with Crippen LogP contribution in [0.4, 0.5) is 13.2 Å². The molecule has 1 saturated heterocycles. The molecule has 2 nitrogen and oxygen atoms in total. The van der Waals surface area contributed by atoms with Gasteiger partial charge < -0.3 is 5.32 Å². The summed E-state index contributed by atoms with van der Waals surface area (Å²) in [6.07, 6.45) is -3.22. The number of nitrogens with zero attached hydrogens (tertiary/aromatic N) is 1. The van der Waals surface area contributed by atoms with Crippen LogP contribution in [0.5, 0.6) is 0 Å². The number of alkyl halides is 3. The highest BCUT2D eigenvalue weighted by atomic mass is 19.4. The summed E-state index contributed by atoms with van der Waals surface area (Å²) in [5.41, 5.74) is 1.11. The molecule has 0 saturated carbocycles. The van der Waals surface area contributed by atoms with Gasteiger partial charge in [-0.3, -0.25) is 4.90 Å².